The molecule has 1 aromatic heterocycles. The fourth-order valence-electron chi connectivity index (χ4n) is 2.69. The van der Waals surface area contributed by atoms with Crippen LogP contribution in [0.3, 0.4) is 0 Å². The summed E-state index contributed by atoms with van der Waals surface area (Å²) < 4.78 is 1.27. The fourth-order valence-corrected chi connectivity index (χ4v) is 3.44. The Hall–Kier alpha value is -0.800. The average molecular weight is 293 g/mol. The third kappa shape index (κ3) is 2.02. The minimum Gasteiger partial charge on any atom is -0.357 e. The zero-order valence-electron chi connectivity index (χ0n) is 10.0. The topological polar surface area (TPSA) is 27.8 Å². The number of rotatable bonds is 1. The van der Waals surface area contributed by atoms with Gasteiger partial charge in [0.1, 0.15) is 0 Å². The third-order valence-electron chi connectivity index (χ3n) is 3.66. The first-order valence-corrected chi connectivity index (χ1v) is 7.03. The van der Waals surface area contributed by atoms with Crippen LogP contribution < -0.4 is 5.32 Å². The lowest BCUT2D eigenvalue weighted by Gasteiger charge is -2.22. The molecule has 1 aliphatic heterocycles. The molecule has 0 aliphatic carbocycles. The van der Waals surface area contributed by atoms with E-state index in [9.17, 15) is 0 Å². The number of hydrogen-bond acceptors (Lipinski definition) is 1. The van der Waals surface area contributed by atoms with Crippen molar-refractivity contribution in [1.82, 2.24) is 10.3 Å². The smallest absolute Gasteiger partial charge is 0.0468 e. The third-order valence-corrected chi connectivity index (χ3v) is 4.52. The van der Waals surface area contributed by atoms with E-state index in [0.29, 0.717) is 5.92 Å². The standard InChI is InChI=1S/C14H17BrN2/c1-9-2-3-12-11(8-9)13(15)14(17-12)10-4-6-16-7-5-10/h2-3,8,10,16-17H,4-7H2,1H3. The lowest BCUT2D eigenvalue weighted by atomic mass is 9.95. The van der Waals surface area contributed by atoms with E-state index in [-0.39, 0.29) is 0 Å². The van der Waals surface area contributed by atoms with Crippen LogP contribution in [0.4, 0.5) is 0 Å². The Morgan fingerprint density at radius 3 is 2.76 bits per heavy atom. The molecule has 3 rings (SSSR count). The van der Waals surface area contributed by atoms with Crippen molar-refractivity contribution in [2.45, 2.75) is 25.7 Å². The number of piperidine rings is 1. The number of hydrogen-bond donors (Lipinski definition) is 2. The van der Waals surface area contributed by atoms with Gasteiger partial charge in [0.15, 0.2) is 0 Å². The first kappa shape index (κ1) is 11.3. The van der Waals surface area contributed by atoms with Gasteiger partial charge in [-0.05, 0) is 60.9 Å². The van der Waals surface area contributed by atoms with Crippen molar-refractivity contribution >= 4 is 26.8 Å². The zero-order valence-corrected chi connectivity index (χ0v) is 11.6. The number of aromatic amines is 1. The highest BCUT2D eigenvalue weighted by Gasteiger charge is 2.20. The van der Waals surface area contributed by atoms with Crippen LogP contribution in [0.2, 0.25) is 0 Å². The second-order valence-electron chi connectivity index (χ2n) is 4.93. The zero-order chi connectivity index (χ0) is 11.8. The van der Waals surface area contributed by atoms with Crippen LogP contribution >= 0.6 is 15.9 Å². The molecule has 0 saturated carbocycles. The summed E-state index contributed by atoms with van der Waals surface area (Å²) >= 11 is 3.77. The highest BCUT2D eigenvalue weighted by molar-refractivity contribution is 9.10. The van der Waals surface area contributed by atoms with Gasteiger partial charge in [0.2, 0.25) is 0 Å². The quantitative estimate of drug-likeness (QED) is 0.824. The molecule has 2 aromatic rings. The predicted octanol–water partition coefficient (Wildman–Crippen LogP) is 3.71. The highest BCUT2D eigenvalue weighted by Crippen LogP contribution is 2.36. The summed E-state index contributed by atoms with van der Waals surface area (Å²) in [5.41, 5.74) is 3.94. The molecule has 90 valence electrons. The Morgan fingerprint density at radius 2 is 2.00 bits per heavy atom. The Labute approximate surface area is 110 Å². The molecule has 2 heterocycles. The summed E-state index contributed by atoms with van der Waals surface area (Å²) in [6, 6.07) is 6.60. The summed E-state index contributed by atoms with van der Waals surface area (Å²) in [7, 11) is 0. The van der Waals surface area contributed by atoms with Crippen LogP contribution in [-0.2, 0) is 0 Å². The molecule has 3 heteroatoms. The molecule has 0 spiro atoms. The first-order valence-electron chi connectivity index (χ1n) is 6.24. The van der Waals surface area contributed by atoms with Gasteiger partial charge in [0, 0.05) is 27.0 Å². The summed E-state index contributed by atoms with van der Waals surface area (Å²) in [6.07, 6.45) is 2.45. The molecule has 17 heavy (non-hydrogen) atoms. The predicted molar refractivity (Wildman–Crippen MR) is 75.6 cm³/mol. The minimum atomic E-state index is 0.665. The van der Waals surface area contributed by atoms with E-state index in [0.717, 1.165) is 13.1 Å². The van der Waals surface area contributed by atoms with Crippen molar-refractivity contribution in [1.29, 1.82) is 0 Å². The van der Waals surface area contributed by atoms with Crippen molar-refractivity contribution in [2.75, 3.05) is 13.1 Å². The van der Waals surface area contributed by atoms with Gasteiger partial charge in [-0.1, -0.05) is 11.6 Å². The van der Waals surface area contributed by atoms with E-state index in [4.69, 9.17) is 0 Å². The van der Waals surface area contributed by atoms with Crippen molar-refractivity contribution < 1.29 is 0 Å². The van der Waals surface area contributed by atoms with Gasteiger partial charge in [-0.3, -0.25) is 0 Å². The van der Waals surface area contributed by atoms with Crippen molar-refractivity contribution in [3.8, 4) is 0 Å². The number of nitrogens with one attached hydrogen (secondary N) is 2. The van der Waals surface area contributed by atoms with Gasteiger partial charge in [-0.25, -0.2) is 0 Å². The molecule has 2 nitrogen and oxygen atoms in total. The molecule has 0 amide bonds. The molecular formula is C14H17BrN2. The molecule has 1 fully saturated rings. The van der Waals surface area contributed by atoms with Crippen LogP contribution in [0.5, 0.6) is 0 Å². The van der Waals surface area contributed by atoms with Gasteiger partial charge < -0.3 is 10.3 Å². The van der Waals surface area contributed by atoms with Gasteiger partial charge in [0.05, 0.1) is 0 Å². The molecule has 0 atom stereocenters. The molecule has 0 bridgehead atoms. The van der Waals surface area contributed by atoms with Crippen LogP contribution in [0, 0.1) is 6.92 Å². The molecule has 1 aromatic carbocycles. The summed E-state index contributed by atoms with van der Waals surface area (Å²) in [5.74, 6) is 0.665. The van der Waals surface area contributed by atoms with Crippen LogP contribution in [0.1, 0.15) is 30.0 Å². The molecule has 2 N–H and O–H groups in total. The summed E-state index contributed by atoms with van der Waals surface area (Å²) in [6.45, 7) is 4.40. The Morgan fingerprint density at radius 1 is 1.24 bits per heavy atom. The maximum atomic E-state index is 3.77. The van der Waals surface area contributed by atoms with E-state index in [2.05, 4.69) is 51.4 Å². The highest BCUT2D eigenvalue weighted by atomic mass is 79.9. The summed E-state index contributed by atoms with van der Waals surface area (Å²) in [5, 5.41) is 4.74. The lowest BCUT2D eigenvalue weighted by Crippen LogP contribution is -2.26. The normalized spacial score (nSPS) is 17.8. The number of aryl methyl sites for hydroxylation is 1. The van der Waals surface area contributed by atoms with E-state index in [1.807, 2.05) is 0 Å². The Balaban J connectivity index is 2.07. The van der Waals surface area contributed by atoms with Crippen molar-refractivity contribution in [2.24, 2.45) is 0 Å². The van der Waals surface area contributed by atoms with E-state index < -0.39 is 0 Å². The number of benzene rings is 1. The van der Waals surface area contributed by atoms with Gasteiger partial charge in [-0.15, -0.1) is 0 Å². The molecule has 0 unspecified atom stereocenters. The molecule has 1 aliphatic rings. The molecule has 1 saturated heterocycles. The molecule has 0 radical (unpaired) electrons. The van der Waals surface area contributed by atoms with E-state index in [1.165, 1.54) is 39.5 Å². The Bertz CT molecular complexity index is 538. The number of fused-ring (bicyclic) bond motifs is 1. The second-order valence-corrected chi connectivity index (χ2v) is 5.72. The van der Waals surface area contributed by atoms with Crippen LogP contribution in [-0.4, -0.2) is 18.1 Å². The van der Waals surface area contributed by atoms with Gasteiger partial charge in [0.25, 0.3) is 0 Å². The number of halogens is 1. The number of aromatic nitrogens is 1. The van der Waals surface area contributed by atoms with Gasteiger partial charge >= 0.3 is 0 Å². The fraction of sp³-hybridized carbons (Fsp3) is 0.429. The SMILES string of the molecule is Cc1ccc2[nH]c(C3CCNCC3)c(Br)c2c1. The second kappa shape index (κ2) is 4.46. The van der Waals surface area contributed by atoms with E-state index in [1.54, 1.807) is 0 Å². The maximum absolute atomic E-state index is 3.77. The van der Waals surface area contributed by atoms with Gasteiger partial charge in [-0.2, -0.15) is 0 Å². The first-order chi connectivity index (χ1) is 8.25. The minimum absolute atomic E-state index is 0.665. The van der Waals surface area contributed by atoms with Crippen LogP contribution in [0.15, 0.2) is 22.7 Å². The largest absolute Gasteiger partial charge is 0.357 e. The Kier molecular flexibility index (Phi) is 2.97. The lowest BCUT2D eigenvalue weighted by molar-refractivity contribution is 0.454. The summed E-state index contributed by atoms with van der Waals surface area (Å²) in [4.78, 5) is 3.59. The number of H-pyrrole nitrogens is 1. The van der Waals surface area contributed by atoms with E-state index >= 15 is 0 Å². The van der Waals surface area contributed by atoms with Crippen LogP contribution in [0.25, 0.3) is 10.9 Å². The van der Waals surface area contributed by atoms with Crippen molar-refractivity contribution in [3.63, 3.8) is 0 Å². The average Bonchev–Trinajstić information content (AvgIpc) is 2.68. The molecular weight excluding hydrogens is 276 g/mol. The maximum Gasteiger partial charge on any atom is 0.0468 e. The monoisotopic (exact) mass is 292 g/mol. The van der Waals surface area contributed by atoms with Crippen molar-refractivity contribution in [3.05, 3.63) is 33.9 Å².